The molecule has 0 saturated heterocycles. The van der Waals surface area contributed by atoms with Crippen LogP contribution in [0.3, 0.4) is 0 Å². The molecule has 0 aliphatic rings. The van der Waals surface area contributed by atoms with Crippen molar-refractivity contribution < 1.29 is 0 Å². The molecule has 7 nitrogen and oxygen atoms in total. The Morgan fingerprint density at radius 3 is 2.94 bits per heavy atom. The van der Waals surface area contributed by atoms with E-state index in [2.05, 4.69) is 41.7 Å². The fourth-order valence-corrected chi connectivity index (χ4v) is 1.42. The zero-order valence-corrected chi connectivity index (χ0v) is 10.1. The van der Waals surface area contributed by atoms with E-state index in [0.717, 1.165) is 4.47 Å². The SMILES string of the molecule is Cn1ccc(Nc2nc(NN)ncc2Br)n1. The number of halogens is 1. The predicted molar refractivity (Wildman–Crippen MR) is 64.0 cm³/mol. The van der Waals surface area contributed by atoms with E-state index in [1.165, 1.54) is 0 Å². The lowest BCUT2D eigenvalue weighted by Gasteiger charge is -2.05. The van der Waals surface area contributed by atoms with Crippen LogP contribution in [0.25, 0.3) is 0 Å². The Bertz CT molecular complexity index is 495. The van der Waals surface area contributed by atoms with Gasteiger partial charge in [-0.2, -0.15) is 10.1 Å². The number of nitrogens with one attached hydrogen (secondary N) is 2. The summed E-state index contributed by atoms with van der Waals surface area (Å²) in [5.41, 5.74) is 2.38. The summed E-state index contributed by atoms with van der Waals surface area (Å²) in [7, 11) is 1.84. The summed E-state index contributed by atoms with van der Waals surface area (Å²) >= 11 is 3.33. The summed E-state index contributed by atoms with van der Waals surface area (Å²) in [6, 6.07) is 1.84. The maximum Gasteiger partial charge on any atom is 0.239 e. The lowest BCUT2D eigenvalue weighted by molar-refractivity contribution is 0.771. The van der Waals surface area contributed by atoms with Gasteiger partial charge in [0.25, 0.3) is 0 Å². The number of hydrogen-bond donors (Lipinski definition) is 3. The second kappa shape index (κ2) is 4.45. The highest BCUT2D eigenvalue weighted by Crippen LogP contribution is 2.22. The summed E-state index contributed by atoms with van der Waals surface area (Å²) in [5, 5.41) is 7.22. The molecule has 84 valence electrons. The Morgan fingerprint density at radius 2 is 2.31 bits per heavy atom. The van der Waals surface area contributed by atoms with E-state index in [1.807, 2.05) is 19.3 Å². The molecular weight excluding hydrogens is 274 g/mol. The summed E-state index contributed by atoms with van der Waals surface area (Å²) in [6.45, 7) is 0. The minimum atomic E-state index is 0.335. The van der Waals surface area contributed by atoms with Crippen molar-refractivity contribution in [1.82, 2.24) is 19.7 Å². The summed E-state index contributed by atoms with van der Waals surface area (Å²) < 4.78 is 2.43. The van der Waals surface area contributed by atoms with Gasteiger partial charge in [0.2, 0.25) is 5.95 Å². The van der Waals surface area contributed by atoms with Crippen molar-refractivity contribution in [3.8, 4) is 0 Å². The van der Waals surface area contributed by atoms with Gasteiger partial charge in [0.05, 0.1) is 4.47 Å². The summed E-state index contributed by atoms with van der Waals surface area (Å²) in [6.07, 6.45) is 3.44. The molecule has 0 fully saturated rings. The second-order valence-electron chi connectivity index (χ2n) is 3.03. The Balaban J connectivity index is 2.26. The molecule has 4 N–H and O–H groups in total. The van der Waals surface area contributed by atoms with Gasteiger partial charge in [-0.05, 0) is 15.9 Å². The molecule has 0 bridgehead atoms. The van der Waals surface area contributed by atoms with Gasteiger partial charge in [0.1, 0.15) is 0 Å². The average Bonchev–Trinajstić information content (AvgIpc) is 2.67. The van der Waals surface area contributed by atoms with Gasteiger partial charge in [0.15, 0.2) is 11.6 Å². The van der Waals surface area contributed by atoms with Gasteiger partial charge in [-0.15, -0.1) is 0 Å². The highest BCUT2D eigenvalue weighted by atomic mass is 79.9. The molecule has 0 amide bonds. The second-order valence-corrected chi connectivity index (χ2v) is 3.89. The van der Waals surface area contributed by atoms with E-state index < -0.39 is 0 Å². The fraction of sp³-hybridized carbons (Fsp3) is 0.125. The van der Waals surface area contributed by atoms with Gasteiger partial charge in [-0.25, -0.2) is 10.8 Å². The van der Waals surface area contributed by atoms with E-state index in [-0.39, 0.29) is 0 Å². The van der Waals surface area contributed by atoms with Crippen molar-refractivity contribution in [3.05, 3.63) is 22.9 Å². The highest BCUT2D eigenvalue weighted by Gasteiger charge is 2.05. The first-order valence-electron chi connectivity index (χ1n) is 4.45. The van der Waals surface area contributed by atoms with Crippen LogP contribution in [0.5, 0.6) is 0 Å². The first-order valence-corrected chi connectivity index (χ1v) is 5.24. The number of hydrazine groups is 1. The third-order valence-corrected chi connectivity index (χ3v) is 2.41. The summed E-state index contributed by atoms with van der Waals surface area (Å²) in [4.78, 5) is 8.09. The maximum absolute atomic E-state index is 5.23. The number of nitrogens with two attached hydrogens (primary N) is 1. The molecule has 0 radical (unpaired) electrons. The zero-order chi connectivity index (χ0) is 11.5. The molecule has 0 saturated carbocycles. The Labute approximate surface area is 100 Å². The predicted octanol–water partition coefficient (Wildman–Crippen LogP) is 1.00. The van der Waals surface area contributed by atoms with E-state index in [9.17, 15) is 0 Å². The molecule has 0 atom stereocenters. The smallest absolute Gasteiger partial charge is 0.239 e. The Morgan fingerprint density at radius 1 is 1.50 bits per heavy atom. The van der Waals surface area contributed by atoms with E-state index >= 15 is 0 Å². The topological polar surface area (TPSA) is 93.7 Å². The molecule has 16 heavy (non-hydrogen) atoms. The molecule has 0 aliphatic carbocycles. The lowest BCUT2D eigenvalue weighted by Crippen LogP contribution is -2.11. The Hall–Kier alpha value is -1.67. The van der Waals surface area contributed by atoms with Crippen molar-refractivity contribution in [1.29, 1.82) is 0 Å². The molecule has 8 heteroatoms. The Kier molecular flexibility index (Phi) is 3.02. The number of anilines is 3. The van der Waals surface area contributed by atoms with Gasteiger partial charge in [-0.3, -0.25) is 10.1 Å². The normalized spacial score (nSPS) is 10.2. The number of hydrogen-bond acceptors (Lipinski definition) is 6. The molecule has 0 aromatic carbocycles. The molecule has 0 unspecified atom stereocenters. The van der Waals surface area contributed by atoms with Crippen LogP contribution < -0.4 is 16.6 Å². The van der Waals surface area contributed by atoms with Crippen LogP contribution in [0, 0.1) is 0 Å². The van der Waals surface area contributed by atoms with Crippen LogP contribution in [-0.2, 0) is 7.05 Å². The van der Waals surface area contributed by atoms with Crippen LogP contribution in [0.2, 0.25) is 0 Å². The minimum absolute atomic E-state index is 0.335. The number of nitrogen functional groups attached to an aromatic ring is 1. The van der Waals surface area contributed by atoms with Crippen LogP contribution in [0.1, 0.15) is 0 Å². The summed E-state index contributed by atoms with van der Waals surface area (Å²) in [5.74, 6) is 6.86. The number of rotatable bonds is 3. The number of aromatic nitrogens is 4. The lowest BCUT2D eigenvalue weighted by atomic mass is 10.5. The quantitative estimate of drug-likeness (QED) is 0.575. The number of nitrogens with zero attached hydrogens (tertiary/aromatic N) is 4. The molecule has 2 aromatic heterocycles. The average molecular weight is 284 g/mol. The minimum Gasteiger partial charge on any atom is -0.322 e. The van der Waals surface area contributed by atoms with E-state index in [1.54, 1.807) is 10.9 Å². The van der Waals surface area contributed by atoms with Crippen LogP contribution in [0.15, 0.2) is 22.9 Å². The van der Waals surface area contributed by atoms with Crippen molar-refractivity contribution in [2.45, 2.75) is 0 Å². The standard InChI is InChI=1S/C8H10BrN7/c1-16-3-2-6(15-16)12-7-5(9)4-11-8(13-7)14-10/h2-4H,10H2,1H3,(H2,11,12,13,14,15). The largest absolute Gasteiger partial charge is 0.322 e. The van der Waals surface area contributed by atoms with Crippen LogP contribution >= 0.6 is 15.9 Å². The van der Waals surface area contributed by atoms with Crippen molar-refractivity contribution in [2.75, 3.05) is 10.7 Å². The third-order valence-electron chi connectivity index (χ3n) is 1.83. The molecule has 2 aromatic rings. The van der Waals surface area contributed by atoms with Gasteiger partial charge >= 0.3 is 0 Å². The van der Waals surface area contributed by atoms with Crippen molar-refractivity contribution in [2.24, 2.45) is 12.9 Å². The monoisotopic (exact) mass is 283 g/mol. The molecule has 2 rings (SSSR count). The van der Waals surface area contributed by atoms with Crippen LogP contribution in [-0.4, -0.2) is 19.7 Å². The zero-order valence-electron chi connectivity index (χ0n) is 8.48. The van der Waals surface area contributed by atoms with Crippen molar-refractivity contribution >= 4 is 33.5 Å². The maximum atomic E-state index is 5.23. The first-order chi connectivity index (χ1) is 7.69. The highest BCUT2D eigenvalue weighted by molar-refractivity contribution is 9.10. The molecule has 0 aliphatic heterocycles. The molecular formula is C8H10BrN7. The van der Waals surface area contributed by atoms with Gasteiger partial charge in [-0.1, -0.05) is 0 Å². The molecule has 2 heterocycles. The van der Waals surface area contributed by atoms with Gasteiger partial charge in [0, 0.05) is 25.5 Å². The third kappa shape index (κ3) is 2.28. The van der Waals surface area contributed by atoms with Crippen molar-refractivity contribution in [3.63, 3.8) is 0 Å². The fourth-order valence-electron chi connectivity index (χ4n) is 1.13. The first kappa shape index (κ1) is 10.8. The number of aryl methyl sites for hydroxylation is 1. The van der Waals surface area contributed by atoms with E-state index in [0.29, 0.717) is 17.6 Å². The van der Waals surface area contributed by atoms with Crippen LogP contribution in [0.4, 0.5) is 17.6 Å². The van der Waals surface area contributed by atoms with E-state index in [4.69, 9.17) is 5.84 Å². The van der Waals surface area contributed by atoms with Gasteiger partial charge < -0.3 is 5.32 Å². The molecule has 0 spiro atoms.